The van der Waals surface area contributed by atoms with E-state index in [1.807, 2.05) is 13.0 Å². The lowest BCUT2D eigenvalue weighted by Crippen LogP contribution is -2.37. The molecule has 1 amide bonds. The molecule has 8 nitrogen and oxygen atoms in total. The average molecular weight is 325 g/mol. The van der Waals surface area contributed by atoms with Gasteiger partial charge in [0, 0.05) is 31.4 Å². The molecule has 23 heavy (non-hydrogen) atoms. The van der Waals surface area contributed by atoms with Crippen LogP contribution in [-0.2, 0) is 4.74 Å². The summed E-state index contributed by atoms with van der Waals surface area (Å²) in [7, 11) is 0. The highest BCUT2D eigenvalue weighted by Crippen LogP contribution is 2.20. The molecule has 2 aliphatic heterocycles. The number of aryl methyl sites for hydroxylation is 1. The number of aromatic nitrogens is 2. The lowest BCUT2D eigenvalue weighted by atomic mass is 10.2. The third-order valence-electron chi connectivity index (χ3n) is 4.01. The summed E-state index contributed by atoms with van der Waals surface area (Å²) in [4.78, 5) is 22.8. The zero-order valence-corrected chi connectivity index (χ0v) is 12.9. The predicted molar refractivity (Wildman–Crippen MR) is 81.7 cm³/mol. The van der Waals surface area contributed by atoms with Gasteiger partial charge < -0.3 is 25.0 Å². The largest absolute Gasteiger partial charge is 0.465 e. The number of carboxylic acid groups (broad SMARTS) is 1. The van der Waals surface area contributed by atoms with Crippen LogP contribution in [0.3, 0.4) is 0 Å². The molecular weight excluding hydrogens is 305 g/mol. The van der Waals surface area contributed by atoms with Crippen molar-refractivity contribution in [3.8, 4) is 0 Å². The number of hydrogen-bond donors (Lipinski definition) is 2. The molecule has 2 N–H and O–H groups in total. The second-order valence-electron chi connectivity index (χ2n) is 5.74. The minimum atomic E-state index is -1.28. The lowest BCUT2D eigenvalue weighted by Gasteiger charge is -2.28. The molecule has 2 fully saturated rings. The number of nitrogens with one attached hydrogen (secondary N) is 1. The first-order chi connectivity index (χ1) is 11.0. The molecule has 1 aromatic rings. The Balaban J connectivity index is 1.72. The molecule has 9 heteroatoms. The summed E-state index contributed by atoms with van der Waals surface area (Å²) in [5.74, 6) is 1.10. The van der Waals surface area contributed by atoms with Crippen molar-refractivity contribution in [3.05, 3.63) is 11.8 Å². The van der Waals surface area contributed by atoms with Gasteiger partial charge in [-0.05, 0) is 6.92 Å². The number of morpholine rings is 1. The first-order valence-electron chi connectivity index (χ1n) is 7.60. The summed E-state index contributed by atoms with van der Waals surface area (Å²) in [6, 6.07) is 1.24. The Bertz CT molecular complexity index is 582. The molecule has 0 spiro atoms. The third-order valence-corrected chi connectivity index (χ3v) is 4.01. The molecule has 2 aliphatic rings. The topological polar surface area (TPSA) is 90.8 Å². The number of amides is 1. The molecule has 0 aromatic carbocycles. The fourth-order valence-electron chi connectivity index (χ4n) is 2.79. The third kappa shape index (κ3) is 3.61. The fourth-order valence-corrected chi connectivity index (χ4v) is 2.79. The van der Waals surface area contributed by atoms with Crippen molar-refractivity contribution in [1.82, 2.24) is 14.9 Å². The molecule has 2 unspecified atom stereocenters. The second kappa shape index (κ2) is 6.53. The molecule has 2 saturated heterocycles. The van der Waals surface area contributed by atoms with Gasteiger partial charge in [-0.3, -0.25) is 0 Å². The van der Waals surface area contributed by atoms with Gasteiger partial charge >= 0.3 is 6.09 Å². The number of anilines is 2. The van der Waals surface area contributed by atoms with Crippen LogP contribution in [0.15, 0.2) is 6.07 Å². The number of ether oxygens (including phenoxy) is 1. The highest BCUT2D eigenvalue weighted by molar-refractivity contribution is 5.65. The summed E-state index contributed by atoms with van der Waals surface area (Å²) < 4.78 is 19.3. The zero-order valence-electron chi connectivity index (χ0n) is 12.9. The number of likely N-dealkylation sites (tertiary alicyclic amines) is 1. The highest BCUT2D eigenvalue weighted by Gasteiger charge is 2.36. The summed E-state index contributed by atoms with van der Waals surface area (Å²) in [5.41, 5.74) is 0.771. The Hall–Kier alpha value is -2.16. The maximum absolute atomic E-state index is 14.0. The molecule has 2 atom stereocenters. The van der Waals surface area contributed by atoms with Crippen LogP contribution in [0.5, 0.6) is 0 Å². The van der Waals surface area contributed by atoms with Crippen LogP contribution in [0, 0.1) is 6.92 Å². The molecule has 0 aliphatic carbocycles. The van der Waals surface area contributed by atoms with Crippen LogP contribution in [0.1, 0.15) is 5.69 Å². The smallest absolute Gasteiger partial charge is 0.407 e. The SMILES string of the molecule is Cc1cc(N2CCOCC2)nc(NC2CN(C(=O)O)CC2F)n1. The second-order valence-corrected chi connectivity index (χ2v) is 5.74. The molecule has 0 saturated carbocycles. The molecular formula is C14H20FN5O3. The molecule has 0 radical (unpaired) electrons. The minimum absolute atomic E-state index is 0.0840. The maximum atomic E-state index is 14.0. The van der Waals surface area contributed by atoms with Crippen LogP contribution in [0.4, 0.5) is 21.0 Å². The Morgan fingerprint density at radius 1 is 1.39 bits per heavy atom. The predicted octanol–water partition coefficient (Wildman–Crippen LogP) is 0.734. The van der Waals surface area contributed by atoms with Gasteiger partial charge in [0.05, 0.1) is 25.8 Å². The van der Waals surface area contributed by atoms with Gasteiger partial charge in [0.25, 0.3) is 0 Å². The van der Waals surface area contributed by atoms with Crippen molar-refractivity contribution >= 4 is 17.9 Å². The summed E-state index contributed by atoms with van der Waals surface area (Å²) in [6.07, 6.45) is -2.39. The minimum Gasteiger partial charge on any atom is -0.465 e. The van der Waals surface area contributed by atoms with Gasteiger partial charge in [-0.1, -0.05) is 0 Å². The molecule has 3 rings (SSSR count). The van der Waals surface area contributed by atoms with Crippen LogP contribution in [-0.4, -0.2) is 77.7 Å². The average Bonchev–Trinajstić information content (AvgIpc) is 2.89. The number of alkyl halides is 1. The Morgan fingerprint density at radius 2 is 2.13 bits per heavy atom. The summed E-state index contributed by atoms with van der Waals surface area (Å²) in [5, 5.41) is 11.9. The van der Waals surface area contributed by atoms with Gasteiger partial charge in [-0.25, -0.2) is 14.2 Å². The summed E-state index contributed by atoms with van der Waals surface area (Å²) >= 11 is 0. The number of halogens is 1. The molecule has 0 bridgehead atoms. The van der Waals surface area contributed by atoms with E-state index in [2.05, 4.69) is 20.2 Å². The Labute approximate surface area is 133 Å². The van der Waals surface area contributed by atoms with E-state index in [-0.39, 0.29) is 13.1 Å². The van der Waals surface area contributed by atoms with E-state index in [1.165, 1.54) is 0 Å². The van der Waals surface area contributed by atoms with Crippen LogP contribution in [0.25, 0.3) is 0 Å². The van der Waals surface area contributed by atoms with E-state index in [0.717, 1.165) is 29.5 Å². The van der Waals surface area contributed by atoms with E-state index in [9.17, 15) is 9.18 Å². The molecule has 3 heterocycles. The lowest BCUT2D eigenvalue weighted by molar-refractivity contribution is 0.122. The Morgan fingerprint density at radius 3 is 2.78 bits per heavy atom. The highest BCUT2D eigenvalue weighted by atomic mass is 19.1. The van der Waals surface area contributed by atoms with Crippen molar-refractivity contribution in [2.75, 3.05) is 49.6 Å². The van der Waals surface area contributed by atoms with Gasteiger partial charge in [0.1, 0.15) is 12.0 Å². The van der Waals surface area contributed by atoms with Crippen molar-refractivity contribution in [2.24, 2.45) is 0 Å². The molecule has 126 valence electrons. The van der Waals surface area contributed by atoms with Crippen molar-refractivity contribution in [1.29, 1.82) is 0 Å². The van der Waals surface area contributed by atoms with Crippen molar-refractivity contribution in [3.63, 3.8) is 0 Å². The van der Waals surface area contributed by atoms with Crippen LogP contribution >= 0.6 is 0 Å². The quantitative estimate of drug-likeness (QED) is 0.847. The monoisotopic (exact) mass is 325 g/mol. The van der Waals surface area contributed by atoms with Crippen LogP contribution in [0.2, 0.25) is 0 Å². The maximum Gasteiger partial charge on any atom is 0.407 e. The molecule has 1 aromatic heterocycles. The van der Waals surface area contributed by atoms with E-state index in [1.54, 1.807) is 0 Å². The van der Waals surface area contributed by atoms with Crippen LogP contribution < -0.4 is 10.2 Å². The van der Waals surface area contributed by atoms with E-state index in [0.29, 0.717) is 19.2 Å². The number of nitrogens with zero attached hydrogens (tertiary/aromatic N) is 4. The van der Waals surface area contributed by atoms with Crippen molar-refractivity contribution in [2.45, 2.75) is 19.1 Å². The van der Waals surface area contributed by atoms with Gasteiger partial charge in [0.15, 0.2) is 0 Å². The Kier molecular flexibility index (Phi) is 4.46. The van der Waals surface area contributed by atoms with Gasteiger partial charge in [-0.2, -0.15) is 4.98 Å². The zero-order chi connectivity index (χ0) is 16.4. The van der Waals surface area contributed by atoms with Crippen molar-refractivity contribution < 1.29 is 19.0 Å². The number of carbonyl (C=O) groups is 1. The number of rotatable bonds is 3. The normalized spacial score (nSPS) is 24.8. The first-order valence-corrected chi connectivity index (χ1v) is 7.60. The van der Waals surface area contributed by atoms with E-state index in [4.69, 9.17) is 9.84 Å². The fraction of sp³-hybridized carbons (Fsp3) is 0.643. The standard InChI is InChI=1S/C14H20FN5O3/c1-9-6-12(19-2-4-23-5-3-19)18-13(16-9)17-11-8-20(14(21)22)7-10(11)15/h6,10-11H,2-5,7-8H2,1H3,(H,21,22)(H,16,17,18). The van der Waals surface area contributed by atoms with E-state index < -0.39 is 18.3 Å². The van der Waals surface area contributed by atoms with Gasteiger partial charge in [-0.15, -0.1) is 0 Å². The van der Waals surface area contributed by atoms with Gasteiger partial charge in [0.2, 0.25) is 5.95 Å². The van der Waals surface area contributed by atoms with E-state index >= 15 is 0 Å². The number of hydrogen-bond acceptors (Lipinski definition) is 6. The summed E-state index contributed by atoms with van der Waals surface area (Å²) in [6.45, 7) is 4.59. The first kappa shape index (κ1) is 15.7.